The highest BCUT2D eigenvalue weighted by atomic mass is 16.3. The lowest BCUT2D eigenvalue weighted by molar-refractivity contribution is 0.0719. The second kappa shape index (κ2) is 7.23. The molecule has 1 amide bonds. The van der Waals surface area contributed by atoms with Crippen molar-refractivity contribution in [1.82, 2.24) is 9.88 Å². The molecule has 4 nitrogen and oxygen atoms in total. The molecule has 0 spiro atoms. The molecule has 0 aliphatic heterocycles. The third kappa shape index (κ3) is 3.35. The van der Waals surface area contributed by atoms with Crippen LogP contribution in [-0.4, -0.2) is 15.8 Å². The number of pyridine rings is 1. The van der Waals surface area contributed by atoms with E-state index in [1.807, 2.05) is 72.8 Å². The van der Waals surface area contributed by atoms with E-state index in [1.165, 1.54) is 0 Å². The van der Waals surface area contributed by atoms with Crippen LogP contribution in [0.3, 0.4) is 0 Å². The fourth-order valence-electron chi connectivity index (χ4n) is 3.04. The summed E-state index contributed by atoms with van der Waals surface area (Å²) in [6.45, 7) is 0.910. The fraction of sp³-hybridized carbons (Fsp3) is 0.0909. The maximum Gasteiger partial charge on any atom is 0.256 e. The number of furan rings is 1. The van der Waals surface area contributed by atoms with E-state index in [9.17, 15) is 4.79 Å². The van der Waals surface area contributed by atoms with Gasteiger partial charge in [-0.15, -0.1) is 0 Å². The van der Waals surface area contributed by atoms with Gasteiger partial charge in [0.05, 0.1) is 23.9 Å². The molecule has 2 aromatic carbocycles. The first kappa shape index (κ1) is 16.1. The first-order valence-corrected chi connectivity index (χ1v) is 8.50. The molecule has 4 aromatic rings. The highest BCUT2D eigenvalue weighted by molar-refractivity contribution is 6.05. The number of benzene rings is 2. The van der Waals surface area contributed by atoms with Crippen LogP contribution < -0.4 is 0 Å². The van der Waals surface area contributed by atoms with Gasteiger partial charge in [-0.25, -0.2) is 0 Å². The van der Waals surface area contributed by atoms with Crippen molar-refractivity contribution in [3.05, 3.63) is 102 Å². The molecular formula is C22H18N2O2. The smallest absolute Gasteiger partial charge is 0.256 e. The highest BCUT2D eigenvalue weighted by Crippen LogP contribution is 2.20. The first-order chi connectivity index (χ1) is 12.8. The van der Waals surface area contributed by atoms with Gasteiger partial charge in [0.2, 0.25) is 0 Å². The Kier molecular flexibility index (Phi) is 4.48. The lowest BCUT2D eigenvalue weighted by atomic mass is 10.1. The van der Waals surface area contributed by atoms with Gasteiger partial charge in [-0.3, -0.25) is 9.78 Å². The van der Waals surface area contributed by atoms with Crippen LogP contribution in [0.5, 0.6) is 0 Å². The van der Waals surface area contributed by atoms with Crippen LogP contribution >= 0.6 is 0 Å². The van der Waals surface area contributed by atoms with Crippen molar-refractivity contribution in [1.29, 1.82) is 0 Å². The van der Waals surface area contributed by atoms with E-state index >= 15 is 0 Å². The molecule has 0 fully saturated rings. The number of rotatable bonds is 5. The summed E-state index contributed by atoms with van der Waals surface area (Å²) >= 11 is 0. The fourth-order valence-corrected chi connectivity index (χ4v) is 3.04. The Morgan fingerprint density at radius 3 is 2.54 bits per heavy atom. The normalized spacial score (nSPS) is 10.8. The van der Waals surface area contributed by atoms with Gasteiger partial charge in [0.1, 0.15) is 5.76 Å². The van der Waals surface area contributed by atoms with Crippen molar-refractivity contribution in [2.24, 2.45) is 0 Å². The van der Waals surface area contributed by atoms with Crippen LogP contribution in [-0.2, 0) is 13.1 Å². The molecule has 4 heteroatoms. The Bertz CT molecular complexity index is 1010. The van der Waals surface area contributed by atoms with Crippen LogP contribution in [0.15, 0.2) is 89.7 Å². The number of para-hydroxylation sites is 1. The van der Waals surface area contributed by atoms with Crippen LogP contribution in [0.4, 0.5) is 0 Å². The molecule has 4 rings (SSSR count). The van der Waals surface area contributed by atoms with Crippen LogP contribution in [0.2, 0.25) is 0 Å². The number of amides is 1. The van der Waals surface area contributed by atoms with E-state index in [0.717, 1.165) is 22.2 Å². The van der Waals surface area contributed by atoms with E-state index in [4.69, 9.17) is 4.42 Å². The molecule has 128 valence electrons. The molecule has 0 saturated heterocycles. The maximum absolute atomic E-state index is 13.3. The van der Waals surface area contributed by atoms with Gasteiger partial charge < -0.3 is 9.32 Å². The Morgan fingerprint density at radius 2 is 1.73 bits per heavy atom. The topological polar surface area (TPSA) is 46.3 Å². The van der Waals surface area contributed by atoms with E-state index in [-0.39, 0.29) is 5.91 Å². The summed E-state index contributed by atoms with van der Waals surface area (Å²) in [7, 11) is 0. The van der Waals surface area contributed by atoms with Crippen molar-refractivity contribution in [3.8, 4) is 0 Å². The van der Waals surface area contributed by atoms with Crippen LogP contribution in [0.1, 0.15) is 21.7 Å². The number of hydrogen-bond donors (Lipinski definition) is 0. The van der Waals surface area contributed by atoms with Gasteiger partial charge in [0.15, 0.2) is 0 Å². The lowest BCUT2D eigenvalue weighted by Gasteiger charge is -2.22. The van der Waals surface area contributed by atoms with Gasteiger partial charge in [-0.1, -0.05) is 48.5 Å². The summed E-state index contributed by atoms with van der Waals surface area (Å²) in [5, 5.41) is 0.955. The minimum absolute atomic E-state index is 0.0606. The van der Waals surface area contributed by atoms with Crippen LogP contribution in [0.25, 0.3) is 10.9 Å². The molecule has 0 atom stereocenters. The lowest BCUT2D eigenvalue weighted by Crippen LogP contribution is -2.30. The largest absolute Gasteiger partial charge is 0.467 e. The number of fused-ring (bicyclic) bond motifs is 1. The zero-order chi connectivity index (χ0) is 17.8. The number of aromatic nitrogens is 1. The molecule has 2 heterocycles. The molecule has 2 aromatic heterocycles. The highest BCUT2D eigenvalue weighted by Gasteiger charge is 2.20. The number of carbonyl (C=O) groups is 1. The van der Waals surface area contributed by atoms with Crippen LogP contribution in [0, 0.1) is 0 Å². The monoisotopic (exact) mass is 342 g/mol. The second-order valence-electron chi connectivity index (χ2n) is 6.11. The molecule has 0 bridgehead atoms. The quantitative estimate of drug-likeness (QED) is 0.529. The Balaban J connectivity index is 1.71. The third-order valence-electron chi connectivity index (χ3n) is 4.29. The predicted molar refractivity (Wildman–Crippen MR) is 100 cm³/mol. The van der Waals surface area contributed by atoms with E-state index in [2.05, 4.69) is 4.98 Å². The molecule has 0 radical (unpaired) electrons. The average Bonchev–Trinajstić information content (AvgIpc) is 3.20. The standard InChI is InChI=1S/C22H18N2O2/c25-22(20-12-4-9-18-10-5-13-23-21(18)20)24(16-19-11-6-14-26-19)15-17-7-2-1-3-8-17/h1-14H,15-16H2. The summed E-state index contributed by atoms with van der Waals surface area (Å²) < 4.78 is 5.47. The van der Waals surface area contributed by atoms with E-state index < -0.39 is 0 Å². The average molecular weight is 342 g/mol. The van der Waals surface area contributed by atoms with Gasteiger partial charge in [-0.05, 0) is 29.8 Å². The van der Waals surface area contributed by atoms with Crippen molar-refractivity contribution in [2.75, 3.05) is 0 Å². The zero-order valence-electron chi connectivity index (χ0n) is 14.2. The van der Waals surface area contributed by atoms with Crippen molar-refractivity contribution >= 4 is 16.8 Å². The van der Waals surface area contributed by atoms with E-state index in [0.29, 0.717) is 18.7 Å². The molecule has 0 aliphatic rings. The maximum atomic E-state index is 13.3. The summed E-state index contributed by atoms with van der Waals surface area (Å²) in [5.74, 6) is 0.692. The van der Waals surface area contributed by atoms with Crippen molar-refractivity contribution in [3.63, 3.8) is 0 Å². The zero-order valence-corrected chi connectivity index (χ0v) is 14.2. The van der Waals surface area contributed by atoms with Crippen molar-refractivity contribution < 1.29 is 9.21 Å². The number of carbonyl (C=O) groups excluding carboxylic acids is 1. The van der Waals surface area contributed by atoms with Gasteiger partial charge in [0.25, 0.3) is 5.91 Å². The Morgan fingerprint density at radius 1 is 0.885 bits per heavy atom. The predicted octanol–water partition coefficient (Wildman–Crippen LogP) is 4.67. The Labute approximate surface area is 151 Å². The van der Waals surface area contributed by atoms with E-state index in [1.54, 1.807) is 17.4 Å². The molecule has 0 N–H and O–H groups in total. The third-order valence-corrected chi connectivity index (χ3v) is 4.29. The van der Waals surface area contributed by atoms with Gasteiger partial charge >= 0.3 is 0 Å². The molecular weight excluding hydrogens is 324 g/mol. The first-order valence-electron chi connectivity index (χ1n) is 8.50. The molecule has 0 saturated carbocycles. The van der Waals surface area contributed by atoms with Gasteiger partial charge in [0, 0.05) is 18.1 Å². The summed E-state index contributed by atoms with van der Waals surface area (Å²) in [5.41, 5.74) is 2.39. The second-order valence-corrected chi connectivity index (χ2v) is 6.11. The summed E-state index contributed by atoms with van der Waals surface area (Å²) in [6, 6.07) is 23.2. The van der Waals surface area contributed by atoms with Crippen molar-refractivity contribution in [2.45, 2.75) is 13.1 Å². The summed E-state index contributed by atoms with van der Waals surface area (Å²) in [6.07, 6.45) is 3.34. The molecule has 26 heavy (non-hydrogen) atoms. The van der Waals surface area contributed by atoms with Gasteiger partial charge in [-0.2, -0.15) is 0 Å². The minimum Gasteiger partial charge on any atom is -0.467 e. The summed E-state index contributed by atoms with van der Waals surface area (Å²) in [4.78, 5) is 19.5. The number of nitrogens with zero attached hydrogens (tertiary/aromatic N) is 2. The molecule has 0 unspecified atom stereocenters. The Hall–Kier alpha value is -3.40. The SMILES string of the molecule is O=C(c1cccc2cccnc12)N(Cc1ccccc1)Cc1ccco1. The molecule has 0 aliphatic carbocycles. The minimum atomic E-state index is -0.0606. The number of hydrogen-bond acceptors (Lipinski definition) is 3.